The predicted octanol–water partition coefficient (Wildman–Crippen LogP) is 4.62. The minimum Gasteiger partial charge on any atom is -0.372 e. The summed E-state index contributed by atoms with van der Waals surface area (Å²) in [4.78, 5) is 14.7. The maximum Gasteiger partial charge on any atom is 0.233 e. The molecule has 1 amide bonds. The van der Waals surface area contributed by atoms with Crippen molar-refractivity contribution in [3.05, 3.63) is 59.1 Å². The molecule has 1 aliphatic rings. The smallest absolute Gasteiger partial charge is 0.233 e. The van der Waals surface area contributed by atoms with Crippen LogP contribution in [0.15, 0.2) is 53.7 Å². The van der Waals surface area contributed by atoms with Crippen molar-refractivity contribution >= 4 is 29.3 Å². The van der Waals surface area contributed by atoms with E-state index in [-0.39, 0.29) is 18.1 Å². The van der Waals surface area contributed by atoms with Crippen LogP contribution in [0.5, 0.6) is 0 Å². The van der Waals surface area contributed by atoms with E-state index in [2.05, 4.69) is 10.2 Å². The van der Waals surface area contributed by atoms with Gasteiger partial charge in [-0.2, -0.15) is 0 Å². The van der Waals surface area contributed by atoms with Crippen molar-refractivity contribution in [2.24, 2.45) is 0 Å². The van der Waals surface area contributed by atoms with Crippen LogP contribution in [0.1, 0.15) is 19.4 Å². The molecular formula is C23H25ClN4O2S. The first-order chi connectivity index (χ1) is 14.9. The minimum absolute atomic E-state index is 0.0450. The Morgan fingerprint density at radius 2 is 1.71 bits per heavy atom. The summed E-state index contributed by atoms with van der Waals surface area (Å²) < 4.78 is 7.71. The number of carbonyl (C=O) groups is 1. The van der Waals surface area contributed by atoms with E-state index in [1.165, 1.54) is 17.3 Å². The molecule has 1 fully saturated rings. The van der Waals surface area contributed by atoms with Gasteiger partial charge >= 0.3 is 0 Å². The second-order valence-electron chi connectivity index (χ2n) is 7.83. The zero-order chi connectivity index (χ0) is 22.0. The van der Waals surface area contributed by atoms with Crippen LogP contribution < -0.4 is 0 Å². The van der Waals surface area contributed by atoms with Crippen molar-refractivity contribution in [3.63, 3.8) is 0 Å². The van der Waals surface area contributed by atoms with E-state index < -0.39 is 0 Å². The highest BCUT2D eigenvalue weighted by molar-refractivity contribution is 7.99. The van der Waals surface area contributed by atoms with Crippen LogP contribution in [-0.4, -0.2) is 56.6 Å². The van der Waals surface area contributed by atoms with E-state index in [1.807, 2.05) is 78.8 Å². The lowest BCUT2D eigenvalue weighted by Gasteiger charge is -2.35. The topological polar surface area (TPSA) is 60.3 Å². The molecule has 1 aromatic heterocycles. The van der Waals surface area contributed by atoms with Crippen molar-refractivity contribution in [2.75, 3.05) is 18.8 Å². The molecule has 0 aliphatic carbocycles. The molecule has 1 aliphatic heterocycles. The number of ether oxygens (including phenoxy) is 1. The maximum absolute atomic E-state index is 12.8. The lowest BCUT2D eigenvalue weighted by molar-refractivity contribution is -0.140. The van der Waals surface area contributed by atoms with Crippen LogP contribution in [0.25, 0.3) is 17.1 Å². The summed E-state index contributed by atoms with van der Waals surface area (Å²) in [7, 11) is 0. The molecule has 0 spiro atoms. The normalized spacial score (nSPS) is 18.9. The van der Waals surface area contributed by atoms with Gasteiger partial charge in [-0.05, 0) is 45.0 Å². The number of aryl methyl sites for hydroxylation is 1. The Kier molecular flexibility index (Phi) is 6.65. The molecule has 0 N–H and O–H groups in total. The molecule has 2 atom stereocenters. The Labute approximate surface area is 191 Å². The number of morpholine rings is 1. The molecule has 2 aromatic carbocycles. The molecule has 0 radical (unpaired) electrons. The Morgan fingerprint density at radius 3 is 2.35 bits per heavy atom. The highest BCUT2D eigenvalue weighted by atomic mass is 35.5. The Hall–Kier alpha value is -2.35. The second-order valence-corrected chi connectivity index (χ2v) is 9.21. The first kappa shape index (κ1) is 21.9. The van der Waals surface area contributed by atoms with Crippen LogP contribution in [0.2, 0.25) is 5.02 Å². The van der Waals surface area contributed by atoms with Gasteiger partial charge in [-0.1, -0.05) is 53.2 Å². The fourth-order valence-electron chi connectivity index (χ4n) is 3.68. The molecular weight excluding hydrogens is 432 g/mol. The van der Waals surface area contributed by atoms with Gasteiger partial charge in [0.05, 0.1) is 18.0 Å². The third kappa shape index (κ3) is 5.11. The van der Waals surface area contributed by atoms with E-state index in [4.69, 9.17) is 16.3 Å². The molecule has 0 saturated carbocycles. The summed E-state index contributed by atoms with van der Waals surface area (Å²) >= 11 is 7.49. The van der Waals surface area contributed by atoms with Crippen molar-refractivity contribution in [2.45, 2.75) is 38.1 Å². The summed E-state index contributed by atoms with van der Waals surface area (Å²) in [5.74, 6) is 1.10. The number of carbonyl (C=O) groups excluding carboxylic acids is 1. The lowest BCUT2D eigenvalue weighted by Crippen LogP contribution is -2.48. The standard InChI is InChI=1S/C23H25ClN4O2S/c1-15-4-6-18(7-5-15)22-25-26-23(28(22)20-10-8-19(24)9-11-20)31-14-21(29)27-12-16(2)30-17(3)13-27/h4-11,16-17H,12-14H2,1-3H3. The van der Waals surface area contributed by atoms with Crippen LogP contribution in [0, 0.1) is 6.92 Å². The largest absolute Gasteiger partial charge is 0.372 e. The monoisotopic (exact) mass is 456 g/mol. The van der Waals surface area contributed by atoms with E-state index >= 15 is 0 Å². The van der Waals surface area contributed by atoms with Crippen molar-refractivity contribution in [3.8, 4) is 17.1 Å². The van der Waals surface area contributed by atoms with Gasteiger partial charge in [0.2, 0.25) is 5.91 Å². The van der Waals surface area contributed by atoms with Gasteiger partial charge < -0.3 is 9.64 Å². The van der Waals surface area contributed by atoms with E-state index in [1.54, 1.807) is 0 Å². The highest BCUT2D eigenvalue weighted by Crippen LogP contribution is 2.29. The molecule has 8 heteroatoms. The van der Waals surface area contributed by atoms with Crippen LogP contribution >= 0.6 is 23.4 Å². The van der Waals surface area contributed by atoms with Crippen LogP contribution in [0.4, 0.5) is 0 Å². The van der Waals surface area contributed by atoms with Gasteiger partial charge in [0.15, 0.2) is 11.0 Å². The molecule has 2 unspecified atom stereocenters. The van der Waals surface area contributed by atoms with Gasteiger partial charge in [0, 0.05) is 29.4 Å². The fourth-order valence-corrected chi connectivity index (χ4v) is 4.66. The second kappa shape index (κ2) is 9.42. The number of amides is 1. The average molecular weight is 457 g/mol. The average Bonchev–Trinajstić information content (AvgIpc) is 3.16. The molecule has 2 heterocycles. The van der Waals surface area contributed by atoms with Crippen molar-refractivity contribution in [1.29, 1.82) is 0 Å². The lowest BCUT2D eigenvalue weighted by atomic mass is 10.1. The van der Waals surface area contributed by atoms with Crippen LogP contribution in [-0.2, 0) is 9.53 Å². The fraction of sp³-hybridized carbons (Fsp3) is 0.348. The molecule has 4 rings (SSSR count). The van der Waals surface area contributed by atoms with Gasteiger partial charge in [-0.15, -0.1) is 10.2 Å². The third-order valence-electron chi connectivity index (χ3n) is 5.13. The van der Waals surface area contributed by atoms with Crippen molar-refractivity contribution < 1.29 is 9.53 Å². The SMILES string of the molecule is Cc1ccc(-c2nnc(SCC(=O)N3CC(C)OC(C)C3)n2-c2ccc(Cl)cc2)cc1. The van der Waals surface area contributed by atoms with E-state index in [9.17, 15) is 4.79 Å². The van der Waals surface area contributed by atoms with Gasteiger partial charge in [0.1, 0.15) is 0 Å². The summed E-state index contributed by atoms with van der Waals surface area (Å²) in [6.45, 7) is 7.26. The number of hydrogen-bond acceptors (Lipinski definition) is 5. The van der Waals surface area contributed by atoms with Crippen molar-refractivity contribution in [1.82, 2.24) is 19.7 Å². The summed E-state index contributed by atoms with van der Waals surface area (Å²) in [6, 6.07) is 15.7. The number of rotatable bonds is 5. The first-order valence-corrected chi connectivity index (χ1v) is 11.6. The third-order valence-corrected chi connectivity index (χ3v) is 6.29. The first-order valence-electron chi connectivity index (χ1n) is 10.2. The number of halogens is 1. The molecule has 162 valence electrons. The molecule has 6 nitrogen and oxygen atoms in total. The zero-order valence-electron chi connectivity index (χ0n) is 17.8. The molecule has 31 heavy (non-hydrogen) atoms. The van der Waals surface area contributed by atoms with E-state index in [0.29, 0.717) is 29.0 Å². The maximum atomic E-state index is 12.8. The predicted molar refractivity (Wildman–Crippen MR) is 124 cm³/mol. The van der Waals surface area contributed by atoms with Gasteiger partial charge in [-0.3, -0.25) is 9.36 Å². The van der Waals surface area contributed by atoms with E-state index in [0.717, 1.165) is 17.1 Å². The summed E-state index contributed by atoms with van der Waals surface area (Å²) in [6.07, 6.45) is 0.0899. The molecule has 0 bridgehead atoms. The Bertz CT molecular complexity index is 1040. The number of thioether (sulfide) groups is 1. The number of hydrogen-bond donors (Lipinski definition) is 0. The quantitative estimate of drug-likeness (QED) is 0.524. The molecule has 1 saturated heterocycles. The van der Waals surface area contributed by atoms with Gasteiger partial charge in [0.25, 0.3) is 0 Å². The summed E-state index contributed by atoms with van der Waals surface area (Å²) in [5.41, 5.74) is 3.03. The zero-order valence-corrected chi connectivity index (χ0v) is 19.4. The minimum atomic E-state index is 0.0450. The van der Waals surface area contributed by atoms with Crippen LogP contribution in [0.3, 0.4) is 0 Å². The summed E-state index contributed by atoms with van der Waals surface area (Å²) in [5, 5.41) is 10.2. The Balaban J connectivity index is 1.60. The number of benzene rings is 2. The number of aromatic nitrogens is 3. The van der Waals surface area contributed by atoms with Gasteiger partial charge in [-0.25, -0.2) is 0 Å². The Morgan fingerprint density at radius 1 is 1.06 bits per heavy atom. The molecule has 3 aromatic rings. The highest BCUT2D eigenvalue weighted by Gasteiger charge is 2.26. The number of nitrogens with zero attached hydrogens (tertiary/aromatic N) is 4.